The highest BCUT2D eigenvalue weighted by Crippen LogP contribution is 2.38. The normalized spacial score (nSPS) is 15.2. The first-order valence-electron chi connectivity index (χ1n) is 9.70. The number of anilines is 2. The van der Waals surface area contributed by atoms with Crippen LogP contribution in [0.25, 0.3) is 0 Å². The van der Waals surface area contributed by atoms with Crippen LogP contribution in [0.15, 0.2) is 77.8 Å². The first kappa shape index (κ1) is 19.5. The van der Waals surface area contributed by atoms with Crippen molar-refractivity contribution in [1.29, 1.82) is 0 Å². The van der Waals surface area contributed by atoms with E-state index in [4.69, 9.17) is 5.73 Å². The van der Waals surface area contributed by atoms with Crippen molar-refractivity contribution in [2.24, 2.45) is 10.7 Å². The number of nitrogens with zero attached hydrogens (tertiary/aromatic N) is 2. The van der Waals surface area contributed by atoms with Crippen LogP contribution in [0.2, 0.25) is 0 Å². The lowest BCUT2D eigenvalue weighted by molar-refractivity contribution is -0.108. The molecule has 1 unspecified atom stereocenters. The van der Waals surface area contributed by atoms with Gasteiger partial charge >= 0.3 is 0 Å². The topological polar surface area (TPSA) is 87.8 Å². The lowest BCUT2D eigenvalue weighted by Crippen LogP contribution is -2.37. The summed E-state index contributed by atoms with van der Waals surface area (Å²) in [6, 6.07) is 21.7. The fourth-order valence-corrected chi connectivity index (χ4v) is 3.72. The molecule has 0 fully saturated rings. The molecule has 0 spiro atoms. The van der Waals surface area contributed by atoms with Gasteiger partial charge in [-0.1, -0.05) is 36.4 Å². The summed E-state index contributed by atoms with van der Waals surface area (Å²) in [6.45, 7) is 2.12. The molecule has 1 aliphatic rings. The number of hydrogen-bond donors (Lipinski definition) is 2. The Morgan fingerprint density at radius 1 is 1.10 bits per heavy atom. The third-order valence-corrected chi connectivity index (χ3v) is 5.15. The van der Waals surface area contributed by atoms with Gasteiger partial charge in [-0.25, -0.2) is 4.99 Å². The zero-order valence-corrected chi connectivity index (χ0v) is 16.6. The Bertz CT molecular complexity index is 1130. The Hall–Kier alpha value is -3.77. The van der Waals surface area contributed by atoms with Crippen molar-refractivity contribution in [2.45, 2.75) is 19.5 Å². The van der Waals surface area contributed by atoms with Gasteiger partial charge in [-0.15, -0.1) is 0 Å². The standard InChI is InChI=1S/C24H22N4O2/c1-16-26-21-10-6-5-9-20(21)23(15-29)28(16)22-12-11-19(13-18(22)14-25)27-24(30)17-7-3-2-4-8-17/h2-13,15,23H,14,25H2,1H3,(H,27,30). The molecular weight excluding hydrogens is 376 g/mol. The maximum absolute atomic E-state index is 12.5. The number of amidine groups is 1. The van der Waals surface area contributed by atoms with Crippen molar-refractivity contribution in [2.75, 3.05) is 10.2 Å². The van der Waals surface area contributed by atoms with E-state index in [2.05, 4.69) is 10.3 Å². The van der Waals surface area contributed by atoms with Crippen LogP contribution in [0.3, 0.4) is 0 Å². The van der Waals surface area contributed by atoms with E-state index in [-0.39, 0.29) is 12.5 Å². The third-order valence-electron chi connectivity index (χ3n) is 5.15. The number of carbonyl (C=O) groups is 2. The third kappa shape index (κ3) is 3.60. The van der Waals surface area contributed by atoms with E-state index in [1.807, 2.05) is 72.5 Å². The van der Waals surface area contributed by atoms with Gasteiger partial charge in [0.25, 0.3) is 5.91 Å². The number of benzene rings is 3. The molecule has 0 saturated carbocycles. The van der Waals surface area contributed by atoms with E-state index in [1.165, 1.54) is 0 Å². The Morgan fingerprint density at radius 3 is 2.57 bits per heavy atom. The quantitative estimate of drug-likeness (QED) is 0.630. The van der Waals surface area contributed by atoms with Crippen LogP contribution in [-0.2, 0) is 11.3 Å². The van der Waals surface area contributed by atoms with Crippen molar-refractivity contribution < 1.29 is 9.59 Å². The summed E-state index contributed by atoms with van der Waals surface area (Å²) in [6.07, 6.45) is 0.919. The molecule has 3 N–H and O–H groups in total. The molecular formula is C24H22N4O2. The lowest BCUT2D eigenvalue weighted by atomic mass is 9.99. The maximum atomic E-state index is 12.5. The van der Waals surface area contributed by atoms with Crippen LogP contribution < -0.4 is 16.0 Å². The first-order chi connectivity index (χ1) is 14.6. The van der Waals surface area contributed by atoms with Crippen LogP contribution in [0, 0.1) is 0 Å². The van der Waals surface area contributed by atoms with Crippen molar-refractivity contribution in [3.63, 3.8) is 0 Å². The van der Waals surface area contributed by atoms with E-state index in [0.717, 1.165) is 28.8 Å². The summed E-state index contributed by atoms with van der Waals surface area (Å²) in [5.41, 5.74) is 10.5. The van der Waals surface area contributed by atoms with E-state index in [0.29, 0.717) is 17.1 Å². The maximum Gasteiger partial charge on any atom is 0.255 e. The van der Waals surface area contributed by atoms with Crippen LogP contribution in [-0.4, -0.2) is 18.0 Å². The van der Waals surface area contributed by atoms with E-state index >= 15 is 0 Å². The number of para-hydroxylation sites is 1. The number of fused-ring (bicyclic) bond motifs is 1. The molecule has 30 heavy (non-hydrogen) atoms. The predicted octanol–water partition coefficient (Wildman–Crippen LogP) is 4.21. The highest BCUT2D eigenvalue weighted by atomic mass is 16.1. The number of rotatable bonds is 5. The molecule has 0 aromatic heterocycles. The van der Waals surface area contributed by atoms with E-state index in [1.54, 1.807) is 12.1 Å². The van der Waals surface area contributed by atoms with Gasteiger partial charge in [-0.2, -0.15) is 0 Å². The second kappa shape index (κ2) is 8.31. The zero-order chi connectivity index (χ0) is 21.1. The molecule has 3 aromatic carbocycles. The summed E-state index contributed by atoms with van der Waals surface area (Å²) in [7, 11) is 0. The average Bonchev–Trinajstić information content (AvgIpc) is 2.78. The monoisotopic (exact) mass is 398 g/mol. The van der Waals surface area contributed by atoms with Gasteiger partial charge in [0, 0.05) is 29.0 Å². The smallest absolute Gasteiger partial charge is 0.255 e. The van der Waals surface area contributed by atoms with Crippen LogP contribution in [0.5, 0.6) is 0 Å². The summed E-state index contributed by atoms with van der Waals surface area (Å²) >= 11 is 0. The molecule has 0 saturated heterocycles. The molecule has 1 atom stereocenters. The molecule has 1 aliphatic heterocycles. The van der Waals surface area contributed by atoms with E-state index < -0.39 is 6.04 Å². The number of nitrogens with two attached hydrogens (primary N) is 1. The van der Waals surface area contributed by atoms with Crippen molar-refractivity contribution in [3.8, 4) is 0 Å². The minimum atomic E-state index is -0.492. The second-order valence-corrected chi connectivity index (χ2v) is 7.04. The molecule has 1 amide bonds. The molecule has 1 heterocycles. The first-order valence-corrected chi connectivity index (χ1v) is 9.70. The minimum Gasteiger partial charge on any atom is -0.326 e. The Balaban J connectivity index is 1.68. The van der Waals surface area contributed by atoms with Gasteiger partial charge in [0.05, 0.1) is 5.69 Å². The molecule has 6 heteroatoms. The van der Waals surface area contributed by atoms with E-state index in [9.17, 15) is 9.59 Å². The zero-order valence-electron chi connectivity index (χ0n) is 16.6. The van der Waals surface area contributed by atoms with Gasteiger partial charge in [0.15, 0.2) is 0 Å². The van der Waals surface area contributed by atoms with Gasteiger partial charge in [0.1, 0.15) is 18.2 Å². The fourth-order valence-electron chi connectivity index (χ4n) is 3.72. The number of aliphatic imine (C=N–C) groups is 1. The highest BCUT2D eigenvalue weighted by molar-refractivity contribution is 6.06. The van der Waals surface area contributed by atoms with Gasteiger partial charge in [0.2, 0.25) is 0 Å². The second-order valence-electron chi connectivity index (χ2n) is 7.04. The predicted molar refractivity (Wildman–Crippen MR) is 119 cm³/mol. The number of hydrogen-bond acceptors (Lipinski definition) is 5. The number of aldehydes is 1. The number of amides is 1. The molecule has 150 valence electrons. The van der Waals surface area contributed by atoms with Crippen LogP contribution in [0.1, 0.15) is 34.5 Å². The molecule has 4 rings (SSSR count). The SMILES string of the molecule is CC1=Nc2ccccc2C(C=O)N1c1ccc(NC(=O)c2ccccc2)cc1CN. The van der Waals surface area contributed by atoms with Crippen molar-refractivity contribution in [3.05, 3.63) is 89.5 Å². The average molecular weight is 398 g/mol. The number of carbonyl (C=O) groups excluding carboxylic acids is 2. The summed E-state index contributed by atoms with van der Waals surface area (Å²) in [4.78, 5) is 31.1. The molecule has 3 aromatic rings. The van der Waals surface area contributed by atoms with Gasteiger partial charge in [-0.05, 0) is 48.9 Å². The van der Waals surface area contributed by atoms with Crippen molar-refractivity contribution >= 4 is 35.1 Å². The Labute approximate surface area is 175 Å². The Kier molecular flexibility index (Phi) is 5.41. The van der Waals surface area contributed by atoms with Crippen LogP contribution >= 0.6 is 0 Å². The summed E-state index contributed by atoms with van der Waals surface area (Å²) in [5, 5.41) is 2.90. The molecule has 0 aliphatic carbocycles. The van der Waals surface area contributed by atoms with Gasteiger partial charge in [-0.3, -0.25) is 4.79 Å². The highest BCUT2D eigenvalue weighted by Gasteiger charge is 2.30. The lowest BCUT2D eigenvalue weighted by Gasteiger charge is -2.35. The number of nitrogens with one attached hydrogen (secondary N) is 1. The molecule has 6 nitrogen and oxygen atoms in total. The van der Waals surface area contributed by atoms with Gasteiger partial charge < -0.3 is 20.7 Å². The summed E-state index contributed by atoms with van der Waals surface area (Å²) < 4.78 is 0. The molecule has 0 radical (unpaired) electrons. The molecule has 0 bridgehead atoms. The fraction of sp³-hybridized carbons (Fsp3) is 0.125. The van der Waals surface area contributed by atoms with Crippen LogP contribution in [0.4, 0.5) is 17.1 Å². The summed E-state index contributed by atoms with van der Waals surface area (Å²) in [5.74, 6) is 0.517. The van der Waals surface area contributed by atoms with Crippen molar-refractivity contribution in [1.82, 2.24) is 0 Å². The Morgan fingerprint density at radius 2 is 1.83 bits per heavy atom. The minimum absolute atomic E-state index is 0.193. The largest absolute Gasteiger partial charge is 0.326 e.